The first-order valence-electron chi connectivity index (χ1n) is 7.90. The van der Waals surface area contributed by atoms with E-state index in [9.17, 15) is 4.79 Å². The SMILES string of the molecule is O=C(C1=C(N2CCOCC2)/C(=C\c2ccccc2)CC1)C(Cl)(Cl)Cl. The van der Waals surface area contributed by atoms with Crippen molar-refractivity contribution in [3.05, 3.63) is 52.7 Å². The van der Waals surface area contributed by atoms with Gasteiger partial charge in [-0.2, -0.15) is 0 Å². The van der Waals surface area contributed by atoms with Crippen molar-refractivity contribution in [1.82, 2.24) is 4.90 Å². The summed E-state index contributed by atoms with van der Waals surface area (Å²) in [4.78, 5) is 14.8. The van der Waals surface area contributed by atoms with E-state index in [1.165, 1.54) is 0 Å². The summed E-state index contributed by atoms with van der Waals surface area (Å²) in [6, 6.07) is 10.0. The molecule has 128 valence electrons. The smallest absolute Gasteiger partial charge is 0.253 e. The van der Waals surface area contributed by atoms with Crippen LogP contribution in [0.3, 0.4) is 0 Å². The normalized spacial score (nSPS) is 20.8. The molecule has 1 aromatic rings. The zero-order chi connectivity index (χ0) is 17.2. The standard InChI is InChI=1S/C18H18Cl3NO2/c19-18(20,21)17(23)15-7-6-14(12-13-4-2-1-3-5-13)16(15)22-8-10-24-11-9-22/h1-5,12H,6-11H2/b14-12-. The monoisotopic (exact) mass is 385 g/mol. The molecule has 1 aromatic carbocycles. The number of halogens is 3. The highest BCUT2D eigenvalue weighted by Crippen LogP contribution is 2.41. The molecule has 0 spiro atoms. The fourth-order valence-electron chi connectivity index (χ4n) is 3.15. The Morgan fingerprint density at radius 3 is 2.38 bits per heavy atom. The highest BCUT2D eigenvalue weighted by Gasteiger charge is 2.39. The maximum Gasteiger partial charge on any atom is 0.253 e. The number of carbonyl (C=O) groups excluding carboxylic acids is 1. The van der Waals surface area contributed by atoms with Crippen LogP contribution >= 0.6 is 34.8 Å². The van der Waals surface area contributed by atoms with Crippen LogP contribution in [0.4, 0.5) is 0 Å². The van der Waals surface area contributed by atoms with Crippen LogP contribution in [0.15, 0.2) is 47.2 Å². The number of nitrogens with zero attached hydrogens (tertiary/aromatic N) is 1. The number of hydrogen-bond acceptors (Lipinski definition) is 3. The summed E-state index contributed by atoms with van der Waals surface area (Å²) in [5.74, 6) is -0.426. The molecule has 0 amide bonds. The summed E-state index contributed by atoms with van der Waals surface area (Å²) in [5.41, 5.74) is 3.74. The lowest BCUT2D eigenvalue weighted by molar-refractivity contribution is -0.115. The topological polar surface area (TPSA) is 29.5 Å². The number of hydrogen-bond donors (Lipinski definition) is 0. The Hall–Kier alpha value is -1.000. The van der Waals surface area contributed by atoms with Crippen LogP contribution in [0.25, 0.3) is 6.08 Å². The summed E-state index contributed by atoms with van der Waals surface area (Å²) in [6.45, 7) is 2.74. The zero-order valence-corrected chi connectivity index (χ0v) is 15.4. The number of benzene rings is 1. The van der Waals surface area contributed by atoms with Crippen molar-refractivity contribution in [3.63, 3.8) is 0 Å². The average Bonchev–Trinajstić information content (AvgIpc) is 2.98. The fourth-order valence-corrected chi connectivity index (χ4v) is 3.50. The predicted octanol–water partition coefficient (Wildman–Crippen LogP) is 4.39. The summed E-state index contributed by atoms with van der Waals surface area (Å²) in [5, 5.41) is 0. The van der Waals surface area contributed by atoms with Gasteiger partial charge >= 0.3 is 0 Å². The molecule has 0 unspecified atom stereocenters. The lowest BCUT2D eigenvalue weighted by Gasteiger charge is -2.32. The molecule has 0 N–H and O–H groups in total. The number of morpholine rings is 1. The van der Waals surface area contributed by atoms with Gasteiger partial charge in [0.1, 0.15) is 0 Å². The molecule has 1 aliphatic heterocycles. The van der Waals surface area contributed by atoms with E-state index in [1.807, 2.05) is 30.3 Å². The van der Waals surface area contributed by atoms with Gasteiger partial charge < -0.3 is 9.64 Å². The van der Waals surface area contributed by atoms with Gasteiger partial charge in [-0.05, 0) is 30.1 Å². The first kappa shape index (κ1) is 17.8. The van der Waals surface area contributed by atoms with Crippen LogP contribution in [-0.2, 0) is 9.53 Å². The van der Waals surface area contributed by atoms with E-state index >= 15 is 0 Å². The molecule has 0 saturated carbocycles. The summed E-state index contributed by atoms with van der Waals surface area (Å²) in [7, 11) is 0. The molecule has 0 atom stereocenters. The van der Waals surface area contributed by atoms with Gasteiger partial charge in [0.2, 0.25) is 5.78 Å². The third kappa shape index (κ3) is 3.97. The van der Waals surface area contributed by atoms with Gasteiger partial charge in [-0.3, -0.25) is 4.79 Å². The van der Waals surface area contributed by atoms with Gasteiger partial charge in [0.15, 0.2) is 0 Å². The van der Waals surface area contributed by atoms with Crippen molar-refractivity contribution < 1.29 is 9.53 Å². The van der Waals surface area contributed by atoms with Gasteiger partial charge in [0.05, 0.1) is 13.2 Å². The fraction of sp³-hybridized carbons (Fsp3) is 0.389. The number of rotatable bonds is 3. The van der Waals surface area contributed by atoms with E-state index < -0.39 is 9.58 Å². The molecule has 24 heavy (non-hydrogen) atoms. The van der Waals surface area contributed by atoms with Crippen LogP contribution in [-0.4, -0.2) is 40.8 Å². The van der Waals surface area contributed by atoms with E-state index in [0.717, 1.165) is 36.3 Å². The van der Waals surface area contributed by atoms with Gasteiger partial charge in [0, 0.05) is 24.4 Å². The van der Waals surface area contributed by atoms with Crippen LogP contribution < -0.4 is 0 Å². The van der Waals surface area contributed by atoms with Crippen molar-refractivity contribution >= 4 is 46.7 Å². The Balaban J connectivity index is 2.02. The lowest BCUT2D eigenvalue weighted by Crippen LogP contribution is -2.37. The van der Waals surface area contributed by atoms with E-state index in [2.05, 4.69) is 11.0 Å². The molecule has 0 radical (unpaired) electrons. The molecule has 1 aliphatic carbocycles. The highest BCUT2D eigenvalue weighted by atomic mass is 35.6. The molecular weight excluding hydrogens is 369 g/mol. The lowest BCUT2D eigenvalue weighted by atomic mass is 10.1. The zero-order valence-electron chi connectivity index (χ0n) is 13.1. The van der Waals surface area contributed by atoms with Crippen molar-refractivity contribution in [3.8, 4) is 0 Å². The van der Waals surface area contributed by atoms with Crippen LogP contribution in [0.5, 0.6) is 0 Å². The molecule has 1 saturated heterocycles. The Kier molecular flexibility index (Phi) is 5.56. The predicted molar refractivity (Wildman–Crippen MR) is 98.4 cm³/mol. The van der Waals surface area contributed by atoms with Gasteiger partial charge in [-0.1, -0.05) is 65.1 Å². The summed E-state index contributed by atoms with van der Waals surface area (Å²) < 4.78 is 3.51. The second-order valence-corrected chi connectivity index (χ2v) is 8.11. The van der Waals surface area contributed by atoms with Crippen LogP contribution in [0.2, 0.25) is 0 Å². The number of allylic oxidation sites excluding steroid dienone is 2. The summed E-state index contributed by atoms with van der Waals surface area (Å²) in [6.07, 6.45) is 3.48. The second kappa shape index (κ2) is 7.49. The van der Waals surface area contributed by atoms with E-state index in [0.29, 0.717) is 25.2 Å². The Labute approximate surface area is 156 Å². The first-order valence-corrected chi connectivity index (χ1v) is 9.03. The number of Topliss-reactive ketones (excluding diaryl/α,β-unsaturated/α-hetero) is 1. The van der Waals surface area contributed by atoms with Crippen LogP contribution in [0.1, 0.15) is 18.4 Å². The van der Waals surface area contributed by atoms with Crippen molar-refractivity contribution in [2.24, 2.45) is 0 Å². The molecule has 3 nitrogen and oxygen atoms in total. The highest BCUT2D eigenvalue weighted by molar-refractivity contribution is 6.77. The molecule has 0 bridgehead atoms. The maximum atomic E-state index is 12.6. The Morgan fingerprint density at radius 1 is 1.08 bits per heavy atom. The number of alkyl halides is 3. The number of ketones is 1. The van der Waals surface area contributed by atoms with E-state index in [4.69, 9.17) is 39.5 Å². The molecule has 6 heteroatoms. The van der Waals surface area contributed by atoms with Gasteiger partial charge in [0.25, 0.3) is 3.79 Å². The molecule has 1 fully saturated rings. The molecule has 1 heterocycles. The minimum Gasteiger partial charge on any atom is -0.378 e. The molecule has 2 aliphatic rings. The largest absolute Gasteiger partial charge is 0.378 e. The van der Waals surface area contributed by atoms with Crippen LogP contribution in [0, 0.1) is 0 Å². The number of ether oxygens (including phenoxy) is 1. The maximum absolute atomic E-state index is 12.6. The summed E-state index contributed by atoms with van der Waals surface area (Å²) >= 11 is 17.6. The minimum absolute atomic E-state index is 0.426. The Bertz CT molecular complexity index is 671. The Morgan fingerprint density at radius 2 is 1.75 bits per heavy atom. The van der Waals surface area contributed by atoms with Crippen molar-refractivity contribution in [2.45, 2.75) is 16.6 Å². The van der Waals surface area contributed by atoms with Gasteiger partial charge in [-0.15, -0.1) is 0 Å². The minimum atomic E-state index is -1.92. The first-order chi connectivity index (χ1) is 11.5. The van der Waals surface area contributed by atoms with Crippen molar-refractivity contribution in [1.29, 1.82) is 0 Å². The van der Waals surface area contributed by atoms with E-state index in [-0.39, 0.29) is 0 Å². The quantitative estimate of drug-likeness (QED) is 0.722. The van der Waals surface area contributed by atoms with Crippen molar-refractivity contribution in [2.75, 3.05) is 26.3 Å². The molecule has 3 rings (SSSR count). The molecule has 0 aromatic heterocycles. The second-order valence-electron chi connectivity index (χ2n) is 5.83. The molecular formula is C18H18Cl3NO2. The third-order valence-corrected chi connectivity index (χ3v) is 4.75. The third-order valence-electron chi connectivity index (χ3n) is 4.23. The average molecular weight is 387 g/mol. The van der Waals surface area contributed by atoms with Gasteiger partial charge in [-0.25, -0.2) is 0 Å². The van der Waals surface area contributed by atoms with E-state index in [1.54, 1.807) is 0 Å². The number of carbonyl (C=O) groups is 1.